The van der Waals surface area contributed by atoms with Crippen LogP contribution in [0.3, 0.4) is 0 Å². The van der Waals surface area contributed by atoms with Gasteiger partial charge in [-0.15, -0.1) is 0 Å². The zero-order valence-corrected chi connectivity index (χ0v) is 19.2. The maximum absolute atomic E-state index is 12.9. The highest BCUT2D eigenvalue weighted by Crippen LogP contribution is 2.19. The molecular weight excluding hydrogens is 378 g/mol. The number of carbonyl (C=O) groups excluding carboxylic acids is 3. The van der Waals surface area contributed by atoms with Crippen LogP contribution in [0.4, 0.5) is 0 Å². The largest absolute Gasteiger partial charge is 0.303 e. The molecule has 6 heteroatoms. The summed E-state index contributed by atoms with van der Waals surface area (Å²) in [7, 11) is 0. The Bertz CT molecular complexity index is 572. The quantitative estimate of drug-likeness (QED) is 0.436. The lowest BCUT2D eigenvalue weighted by Gasteiger charge is -2.42. The molecule has 6 nitrogen and oxygen atoms in total. The molecule has 1 aliphatic heterocycles. The summed E-state index contributed by atoms with van der Waals surface area (Å²) >= 11 is 0. The first-order valence-electron chi connectivity index (χ1n) is 11.2. The van der Waals surface area contributed by atoms with Crippen molar-refractivity contribution in [3.63, 3.8) is 0 Å². The van der Waals surface area contributed by atoms with Crippen LogP contribution in [0, 0.1) is 0 Å². The Labute approximate surface area is 182 Å². The maximum Gasteiger partial charge on any atom is 0.252 e. The lowest BCUT2D eigenvalue weighted by Crippen LogP contribution is -2.60. The van der Waals surface area contributed by atoms with E-state index in [4.69, 9.17) is 0 Å². The van der Waals surface area contributed by atoms with Gasteiger partial charge in [-0.3, -0.25) is 14.4 Å². The van der Waals surface area contributed by atoms with Crippen molar-refractivity contribution in [2.45, 2.75) is 78.6 Å². The number of nitrogens with zero attached hydrogens (tertiary/aromatic N) is 3. The monoisotopic (exact) mass is 417 g/mol. The van der Waals surface area contributed by atoms with Crippen molar-refractivity contribution >= 4 is 17.7 Å². The highest BCUT2D eigenvalue weighted by Gasteiger charge is 2.33. The Morgan fingerprint density at radius 1 is 0.567 bits per heavy atom. The summed E-state index contributed by atoms with van der Waals surface area (Å²) in [5.41, 5.74) is 1.52. The van der Waals surface area contributed by atoms with E-state index in [1.807, 2.05) is 0 Å². The topological polar surface area (TPSA) is 60.9 Å². The molecule has 0 aliphatic carbocycles. The minimum Gasteiger partial charge on any atom is -0.303 e. The third-order valence-corrected chi connectivity index (χ3v) is 5.29. The molecule has 0 aromatic heterocycles. The van der Waals surface area contributed by atoms with Gasteiger partial charge in [0.15, 0.2) is 0 Å². The van der Waals surface area contributed by atoms with Crippen molar-refractivity contribution in [2.24, 2.45) is 0 Å². The van der Waals surface area contributed by atoms with Gasteiger partial charge in [0.1, 0.15) is 0 Å². The average Bonchev–Trinajstić information content (AvgIpc) is 2.77. The fourth-order valence-electron chi connectivity index (χ4n) is 3.30. The first-order chi connectivity index (χ1) is 14.3. The molecule has 3 amide bonds. The molecule has 1 heterocycles. The van der Waals surface area contributed by atoms with Crippen LogP contribution in [0.25, 0.3) is 0 Å². The van der Waals surface area contributed by atoms with Crippen molar-refractivity contribution in [1.82, 2.24) is 14.7 Å². The fourth-order valence-corrected chi connectivity index (χ4v) is 3.30. The van der Waals surface area contributed by atoms with E-state index in [1.165, 1.54) is 14.7 Å². The Hall–Kier alpha value is -2.37. The summed E-state index contributed by atoms with van der Waals surface area (Å²) in [6, 6.07) is 0. The smallest absolute Gasteiger partial charge is 0.252 e. The van der Waals surface area contributed by atoms with Crippen molar-refractivity contribution < 1.29 is 14.4 Å². The third kappa shape index (κ3) is 7.47. The van der Waals surface area contributed by atoms with Gasteiger partial charge in [0, 0.05) is 16.7 Å². The van der Waals surface area contributed by atoms with Gasteiger partial charge in [-0.25, -0.2) is 0 Å². The van der Waals surface area contributed by atoms with Crippen LogP contribution >= 0.6 is 0 Å². The molecule has 0 unspecified atom stereocenters. The summed E-state index contributed by atoms with van der Waals surface area (Å²) in [6.07, 6.45) is 7.38. The molecule has 0 atom stereocenters. The molecule has 0 aromatic rings. The number of unbranched alkanes of at least 4 members (excludes halogenated alkanes) is 3. The maximum atomic E-state index is 12.9. The summed E-state index contributed by atoms with van der Waals surface area (Å²) in [6.45, 7) is 18.4. The molecule has 0 radical (unpaired) electrons. The molecule has 1 saturated heterocycles. The molecule has 1 rings (SSSR count). The first-order valence-corrected chi connectivity index (χ1v) is 11.2. The first kappa shape index (κ1) is 25.7. The van der Waals surface area contributed by atoms with E-state index >= 15 is 0 Å². The Kier molecular flexibility index (Phi) is 11.2. The van der Waals surface area contributed by atoms with Gasteiger partial charge in [0.25, 0.3) is 17.7 Å². The second-order valence-electron chi connectivity index (χ2n) is 8.08. The summed E-state index contributed by atoms with van der Waals surface area (Å²) < 4.78 is 0. The molecule has 30 heavy (non-hydrogen) atoms. The molecule has 1 aliphatic rings. The Morgan fingerprint density at radius 2 is 0.800 bits per heavy atom. The van der Waals surface area contributed by atoms with E-state index in [0.29, 0.717) is 36.0 Å². The summed E-state index contributed by atoms with van der Waals surface area (Å²) in [4.78, 5) is 43.4. The number of hydrogen-bond acceptors (Lipinski definition) is 3. The second-order valence-corrected chi connectivity index (χ2v) is 8.08. The van der Waals surface area contributed by atoms with Crippen LogP contribution in [0.2, 0.25) is 0 Å². The molecule has 0 aromatic carbocycles. The van der Waals surface area contributed by atoms with Crippen LogP contribution in [-0.2, 0) is 14.4 Å². The molecule has 0 spiro atoms. The van der Waals surface area contributed by atoms with Crippen molar-refractivity contribution in [3.05, 3.63) is 36.5 Å². The molecule has 1 fully saturated rings. The fraction of sp³-hybridized carbons (Fsp3) is 0.625. The highest BCUT2D eigenvalue weighted by atomic mass is 16.2. The Morgan fingerprint density at radius 3 is 1.00 bits per heavy atom. The van der Waals surface area contributed by atoms with E-state index in [-0.39, 0.29) is 37.7 Å². The standard InChI is InChI=1S/C24H39N3O3/c1-7-10-13-19(4)22(28)25-16-26(23(29)20(5)14-11-8-2)18-27(17-25)24(30)21(6)15-12-9-3/h4-18H2,1-3H3. The summed E-state index contributed by atoms with van der Waals surface area (Å²) in [5, 5.41) is 0. The number of carbonyl (C=O) groups is 3. The van der Waals surface area contributed by atoms with Gasteiger partial charge in [-0.1, -0.05) is 59.8 Å². The van der Waals surface area contributed by atoms with Gasteiger partial charge >= 0.3 is 0 Å². The lowest BCUT2D eigenvalue weighted by molar-refractivity contribution is -0.153. The average molecular weight is 418 g/mol. The second kappa shape index (κ2) is 13.0. The van der Waals surface area contributed by atoms with Crippen molar-refractivity contribution in [2.75, 3.05) is 20.0 Å². The molecule has 0 bridgehead atoms. The predicted octanol–water partition coefficient (Wildman–Crippen LogP) is 4.60. The number of rotatable bonds is 12. The Balaban J connectivity index is 3.00. The SMILES string of the molecule is C=C(CCCC)C(=O)N1CN(C(=O)C(=C)CCCC)CN(C(=O)C(=C)CCCC)C1. The zero-order valence-electron chi connectivity index (χ0n) is 19.2. The molecule has 168 valence electrons. The third-order valence-electron chi connectivity index (χ3n) is 5.29. The van der Waals surface area contributed by atoms with Crippen LogP contribution in [-0.4, -0.2) is 52.4 Å². The molecule has 0 saturated carbocycles. The minimum atomic E-state index is -0.211. The molecular formula is C24H39N3O3. The van der Waals surface area contributed by atoms with E-state index in [9.17, 15) is 14.4 Å². The number of amides is 3. The van der Waals surface area contributed by atoms with Crippen LogP contribution < -0.4 is 0 Å². The highest BCUT2D eigenvalue weighted by molar-refractivity contribution is 5.97. The van der Waals surface area contributed by atoms with Gasteiger partial charge in [-0.2, -0.15) is 0 Å². The predicted molar refractivity (Wildman–Crippen MR) is 121 cm³/mol. The van der Waals surface area contributed by atoms with Crippen LogP contribution in [0.5, 0.6) is 0 Å². The van der Waals surface area contributed by atoms with Gasteiger partial charge < -0.3 is 14.7 Å². The van der Waals surface area contributed by atoms with Gasteiger partial charge in [-0.05, 0) is 38.5 Å². The number of hydrogen-bond donors (Lipinski definition) is 0. The van der Waals surface area contributed by atoms with Crippen LogP contribution in [0.1, 0.15) is 78.6 Å². The van der Waals surface area contributed by atoms with E-state index < -0.39 is 0 Å². The minimum absolute atomic E-state index is 0.138. The van der Waals surface area contributed by atoms with E-state index in [1.54, 1.807) is 0 Å². The van der Waals surface area contributed by atoms with Gasteiger partial charge in [0.05, 0.1) is 20.0 Å². The normalized spacial score (nSPS) is 13.9. The molecule has 0 N–H and O–H groups in total. The van der Waals surface area contributed by atoms with Gasteiger partial charge in [0.2, 0.25) is 0 Å². The lowest BCUT2D eigenvalue weighted by atomic mass is 10.1. The zero-order chi connectivity index (χ0) is 22.7. The van der Waals surface area contributed by atoms with Crippen molar-refractivity contribution in [3.8, 4) is 0 Å². The summed E-state index contributed by atoms with van der Waals surface area (Å²) in [5.74, 6) is -0.633. The van der Waals surface area contributed by atoms with Crippen molar-refractivity contribution in [1.29, 1.82) is 0 Å². The van der Waals surface area contributed by atoms with E-state index in [2.05, 4.69) is 40.5 Å². The van der Waals surface area contributed by atoms with Crippen LogP contribution in [0.15, 0.2) is 36.5 Å². The van der Waals surface area contributed by atoms with E-state index in [0.717, 1.165) is 38.5 Å².